The molecule has 0 spiro atoms. The summed E-state index contributed by atoms with van der Waals surface area (Å²) < 4.78 is 17.5. The van der Waals surface area contributed by atoms with Crippen LogP contribution in [0.4, 0.5) is 4.39 Å². The molecule has 0 saturated heterocycles. The predicted molar refractivity (Wildman–Crippen MR) is 47.0 cm³/mol. The Kier molecular flexibility index (Phi) is 3.67. The molecule has 0 aliphatic rings. The molecule has 0 amide bonds. The summed E-state index contributed by atoms with van der Waals surface area (Å²) in [6.07, 6.45) is -0.676. The highest BCUT2D eigenvalue weighted by atomic mass is 19.1. The largest absolute Gasteiger partial charge is 0.491 e. The van der Waals surface area contributed by atoms with Gasteiger partial charge in [0.05, 0.1) is 0 Å². The molecule has 0 bridgehead atoms. The van der Waals surface area contributed by atoms with Crippen LogP contribution in [0.25, 0.3) is 0 Å². The van der Waals surface area contributed by atoms with Gasteiger partial charge in [-0.2, -0.15) is 0 Å². The first-order valence-electron chi connectivity index (χ1n) is 3.99. The van der Waals surface area contributed by atoms with E-state index in [9.17, 15) is 4.39 Å². The topological polar surface area (TPSA) is 55.5 Å². The molecule has 3 N–H and O–H groups in total. The molecule has 0 radical (unpaired) electrons. The molecule has 1 aromatic carbocycles. The number of ether oxygens (including phenoxy) is 1. The molecule has 0 heterocycles. The van der Waals surface area contributed by atoms with Gasteiger partial charge >= 0.3 is 0 Å². The summed E-state index contributed by atoms with van der Waals surface area (Å²) in [7, 11) is 0. The Bertz CT molecular complexity index is 250. The van der Waals surface area contributed by atoms with E-state index in [2.05, 4.69) is 0 Å². The lowest BCUT2D eigenvalue weighted by Crippen LogP contribution is -2.26. The first-order valence-corrected chi connectivity index (χ1v) is 3.99. The van der Waals surface area contributed by atoms with Gasteiger partial charge in [-0.05, 0) is 24.3 Å². The maximum Gasteiger partial charge on any atom is 0.123 e. The van der Waals surface area contributed by atoms with Gasteiger partial charge in [0.15, 0.2) is 0 Å². The van der Waals surface area contributed by atoms with Crippen LogP contribution >= 0.6 is 0 Å². The molecule has 0 fully saturated rings. The number of hydrogen-bond donors (Lipinski definition) is 2. The predicted octanol–water partition coefficient (Wildman–Crippen LogP) is 0.524. The molecule has 0 aromatic heterocycles. The van der Waals surface area contributed by atoms with Crippen molar-refractivity contribution in [1.29, 1.82) is 0 Å². The van der Waals surface area contributed by atoms with Crippen LogP contribution in [-0.2, 0) is 0 Å². The third kappa shape index (κ3) is 3.40. The smallest absolute Gasteiger partial charge is 0.123 e. The lowest BCUT2D eigenvalue weighted by atomic mass is 10.3. The third-order valence-electron chi connectivity index (χ3n) is 1.53. The van der Waals surface area contributed by atoms with E-state index in [-0.39, 0.29) is 19.0 Å². The minimum atomic E-state index is -0.676. The van der Waals surface area contributed by atoms with E-state index in [0.717, 1.165) is 0 Å². The van der Waals surface area contributed by atoms with E-state index in [1.54, 1.807) is 0 Å². The summed E-state index contributed by atoms with van der Waals surface area (Å²) in [6, 6.07) is 5.59. The van der Waals surface area contributed by atoms with Gasteiger partial charge in [0.25, 0.3) is 0 Å². The average Bonchev–Trinajstić information content (AvgIpc) is 2.16. The van der Waals surface area contributed by atoms with Crippen LogP contribution in [0.5, 0.6) is 5.75 Å². The standard InChI is InChI=1S/C9H12FNO2/c10-7-1-3-9(4-2-7)13-6-8(12)5-11/h1-4,8,12H,5-6,11H2. The molecule has 1 rings (SSSR count). The van der Waals surface area contributed by atoms with Crippen molar-refractivity contribution < 1.29 is 14.2 Å². The van der Waals surface area contributed by atoms with Gasteiger partial charge in [0.1, 0.15) is 24.3 Å². The van der Waals surface area contributed by atoms with Gasteiger partial charge in [-0.25, -0.2) is 4.39 Å². The molecule has 3 nitrogen and oxygen atoms in total. The van der Waals surface area contributed by atoms with Crippen LogP contribution < -0.4 is 10.5 Å². The molecule has 0 saturated carbocycles. The molecule has 1 atom stereocenters. The maximum atomic E-state index is 12.4. The van der Waals surface area contributed by atoms with E-state index in [1.165, 1.54) is 24.3 Å². The lowest BCUT2D eigenvalue weighted by molar-refractivity contribution is 0.114. The Balaban J connectivity index is 2.41. The fourth-order valence-electron chi connectivity index (χ4n) is 0.791. The summed E-state index contributed by atoms with van der Waals surface area (Å²) in [5.74, 6) is 0.209. The fourth-order valence-corrected chi connectivity index (χ4v) is 0.791. The minimum absolute atomic E-state index is 0.127. The van der Waals surface area contributed by atoms with E-state index < -0.39 is 6.10 Å². The molecule has 72 valence electrons. The lowest BCUT2D eigenvalue weighted by Gasteiger charge is -2.09. The molecule has 0 aliphatic carbocycles. The van der Waals surface area contributed by atoms with E-state index in [4.69, 9.17) is 15.6 Å². The highest BCUT2D eigenvalue weighted by Crippen LogP contribution is 2.10. The summed E-state index contributed by atoms with van der Waals surface area (Å²) in [6.45, 7) is 0.281. The van der Waals surface area contributed by atoms with Crippen LogP contribution in [0.3, 0.4) is 0 Å². The van der Waals surface area contributed by atoms with Gasteiger partial charge in [0.2, 0.25) is 0 Å². The quantitative estimate of drug-likeness (QED) is 0.719. The summed E-state index contributed by atoms with van der Waals surface area (Å²) in [5.41, 5.74) is 5.17. The number of aliphatic hydroxyl groups excluding tert-OH is 1. The first-order chi connectivity index (χ1) is 6.22. The summed E-state index contributed by atoms with van der Waals surface area (Å²) >= 11 is 0. The Morgan fingerprint density at radius 2 is 2.00 bits per heavy atom. The zero-order valence-corrected chi connectivity index (χ0v) is 7.11. The highest BCUT2D eigenvalue weighted by Gasteiger charge is 2.01. The molecular formula is C9H12FNO2. The zero-order chi connectivity index (χ0) is 9.68. The Morgan fingerprint density at radius 3 is 2.54 bits per heavy atom. The van der Waals surface area contributed by atoms with Crippen molar-refractivity contribution >= 4 is 0 Å². The molecular weight excluding hydrogens is 173 g/mol. The highest BCUT2D eigenvalue weighted by molar-refractivity contribution is 5.21. The van der Waals surface area contributed by atoms with Crippen molar-refractivity contribution in [2.75, 3.05) is 13.2 Å². The van der Waals surface area contributed by atoms with Crippen LogP contribution in [0.2, 0.25) is 0 Å². The van der Waals surface area contributed by atoms with Gasteiger partial charge in [-0.15, -0.1) is 0 Å². The Hall–Kier alpha value is -1.13. The summed E-state index contributed by atoms with van der Waals surface area (Å²) in [4.78, 5) is 0. The summed E-state index contributed by atoms with van der Waals surface area (Å²) in [5, 5.41) is 9.05. The van der Waals surface area contributed by atoms with Crippen LogP contribution in [0, 0.1) is 5.82 Å². The van der Waals surface area contributed by atoms with Crippen molar-refractivity contribution in [1.82, 2.24) is 0 Å². The van der Waals surface area contributed by atoms with E-state index in [1.807, 2.05) is 0 Å². The molecule has 1 aromatic rings. The monoisotopic (exact) mass is 185 g/mol. The maximum absolute atomic E-state index is 12.4. The molecule has 1 unspecified atom stereocenters. The van der Waals surface area contributed by atoms with Gasteiger partial charge in [0, 0.05) is 6.54 Å². The second-order valence-electron chi connectivity index (χ2n) is 2.65. The van der Waals surface area contributed by atoms with Crippen LogP contribution in [0.15, 0.2) is 24.3 Å². The number of nitrogens with two attached hydrogens (primary N) is 1. The fraction of sp³-hybridized carbons (Fsp3) is 0.333. The minimum Gasteiger partial charge on any atom is -0.491 e. The number of rotatable bonds is 4. The first kappa shape index (κ1) is 9.95. The van der Waals surface area contributed by atoms with E-state index in [0.29, 0.717) is 5.75 Å². The van der Waals surface area contributed by atoms with Crippen LogP contribution in [-0.4, -0.2) is 24.4 Å². The molecule has 13 heavy (non-hydrogen) atoms. The molecule has 0 aliphatic heterocycles. The molecule has 4 heteroatoms. The van der Waals surface area contributed by atoms with Crippen molar-refractivity contribution in [3.05, 3.63) is 30.1 Å². The Morgan fingerprint density at radius 1 is 1.38 bits per heavy atom. The van der Waals surface area contributed by atoms with Crippen molar-refractivity contribution in [2.24, 2.45) is 5.73 Å². The van der Waals surface area contributed by atoms with Gasteiger partial charge in [-0.1, -0.05) is 0 Å². The third-order valence-corrected chi connectivity index (χ3v) is 1.53. The van der Waals surface area contributed by atoms with Gasteiger partial charge < -0.3 is 15.6 Å². The van der Waals surface area contributed by atoms with Gasteiger partial charge in [-0.3, -0.25) is 0 Å². The normalized spacial score (nSPS) is 12.5. The van der Waals surface area contributed by atoms with Crippen molar-refractivity contribution in [3.8, 4) is 5.75 Å². The number of halogens is 1. The SMILES string of the molecule is NCC(O)COc1ccc(F)cc1. The zero-order valence-electron chi connectivity index (χ0n) is 7.11. The van der Waals surface area contributed by atoms with E-state index >= 15 is 0 Å². The second-order valence-corrected chi connectivity index (χ2v) is 2.65. The van der Waals surface area contributed by atoms with Crippen LogP contribution in [0.1, 0.15) is 0 Å². The van der Waals surface area contributed by atoms with Crippen molar-refractivity contribution in [3.63, 3.8) is 0 Å². The number of benzene rings is 1. The number of hydrogen-bond acceptors (Lipinski definition) is 3. The average molecular weight is 185 g/mol. The number of aliphatic hydroxyl groups is 1. The van der Waals surface area contributed by atoms with Crippen molar-refractivity contribution in [2.45, 2.75) is 6.10 Å². The Labute approximate surface area is 75.9 Å². The second kappa shape index (κ2) is 4.79.